The van der Waals surface area contributed by atoms with E-state index in [9.17, 15) is 0 Å². The zero-order chi connectivity index (χ0) is 8.74. The fourth-order valence-electron chi connectivity index (χ4n) is 0.560. The first-order valence-electron chi connectivity index (χ1n) is 4.30. The van der Waals surface area contributed by atoms with Crippen molar-refractivity contribution in [1.29, 1.82) is 0 Å². The van der Waals surface area contributed by atoms with Gasteiger partial charge in [0.05, 0.1) is 0 Å². The summed E-state index contributed by atoms with van der Waals surface area (Å²) in [6.07, 6.45) is 4.12. The molecule has 0 saturated carbocycles. The molecule has 2 heteroatoms. The van der Waals surface area contributed by atoms with Gasteiger partial charge in [-0.05, 0) is 18.3 Å². The maximum atomic E-state index is 4.07. The van der Waals surface area contributed by atoms with Gasteiger partial charge in [-0.15, -0.1) is 0 Å². The zero-order valence-electron chi connectivity index (χ0n) is 8.15. The average molecular weight is 156 g/mol. The second kappa shape index (κ2) is 5.16. The summed E-state index contributed by atoms with van der Waals surface area (Å²) >= 11 is 0. The minimum Gasteiger partial charge on any atom is -0.310 e. The fourth-order valence-corrected chi connectivity index (χ4v) is 0.560. The van der Waals surface area contributed by atoms with E-state index in [0.717, 1.165) is 19.4 Å². The molecule has 0 aliphatic heterocycles. The third kappa shape index (κ3) is 9.47. The second-order valence-electron chi connectivity index (χ2n) is 3.98. The summed E-state index contributed by atoms with van der Waals surface area (Å²) < 4.78 is 0. The largest absolute Gasteiger partial charge is 0.310 e. The highest BCUT2D eigenvalue weighted by Crippen LogP contribution is 2.15. The Bertz CT molecular complexity index is 111. The second-order valence-corrected chi connectivity index (χ2v) is 3.98. The number of nitrogens with one attached hydrogen (secondary N) is 1. The smallest absolute Gasteiger partial charge is 0.0326 e. The van der Waals surface area contributed by atoms with E-state index in [1.54, 1.807) is 0 Å². The SMILES string of the molecule is CCCN/N=C\CC(C)(C)C. The van der Waals surface area contributed by atoms with Gasteiger partial charge in [0.25, 0.3) is 0 Å². The molecule has 0 bridgehead atoms. The van der Waals surface area contributed by atoms with Gasteiger partial charge in [-0.2, -0.15) is 5.10 Å². The van der Waals surface area contributed by atoms with Crippen LogP contribution >= 0.6 is 0 Å². The maximum Gasteiger partial charge on any atom is 0.0326 e. The number of rotatable bonds is 4. The van der Waals surface area contributed by atoms with Crippen LogP contribution in [-0.4, -0.2) is 12.8 Å². The molecule has 0 aromatic heterocycles. The quantitative estimate of drug-likeness (QED) is 0.377. The molecule has 0 atom stereocenters. The van der Waals surface area contributed by atoms with Gasteiger partial charge in [0.2, 0.25) is 0 Å². The molecule has 2 nitrogen and oxygen atoms in total. The standard InChI is InChI=1S/C9H20N2/c1-5-7-10-11-8-6-9(2,3)4/h8,10H,5-7H2,1-4H3/b11-8-. The molecule has 0 aromatic carbocycles. The van der Waals surface area contributed by atoms with Gasteiger partial charge in [-0.1, -0.05) is 27.7 Å². The normalized spacial score (nSPS) is 12.4. The summed E-state index contributed by atoms with van der Waals surface area (Å²) in [6.45, 7) is 9.73. The van der Waals surface area contributed by atoms with E-state index in [2.05, 4.69) is 38.2 Å². The van der Waals surface area contributed by atoms with Crippen LogP contribution in [0.4, 0.5) is 0 Å². The van der Waals surface area contributed by atoms with Crippen molar-refractivity contribution in [2.75, 3.05) is 6.54 Å². The van der Waals surface area contributed by atoms with Crippen molar-refractivity contribution in [3.63, 3.8) is 0 Å². The van der Waals surface area contributed by atoms with Crippen molar-refractivity contribution in [3.8, 4) is 0 Å². The van der Waals surface area contributed by atoms with E-state index >= 15 is 0 Å². The average Bonchev–Trinajstić information content (AvgIpc) is 1.85. The van der Waals surface area contributed by atoms with E-state index in [-0.39, 0.29) is 0 Å². The summed E-state index contributed by atoms with van der Waals surface area (Å²) in [5.41, 5.74) is 3.34. The molecule has 0 fully saturated rings. The van der Waals surface area contributed by atoms with Gasteiger partial charge < -0.3 is 5.43 Å². The molecule has 0 aliphatic rings. The molecule has 0 spiro atoms. The fraction of sp³-hybridized carbons (Fsp3) is 0.889. The molecule has 0 saturated heterocycles. The molecule has 0 amide bonds. The van der Waals surface area contributed by atoms with Crippen LogP contribution in [0.25, 0.3) is 0 Å². The highest BCUT2D eigenvalue weighted by atomic mass is 15.3. The highest BCUT2D eigenvalue weighted by molar-refractivity contribution is 5.57. The van der Waals surface area contributed by atoms with Crippen LogP contribution in [0.5, 0.6) is 0 Å². The lowest BCUT2D eigenvalue weighted by molar-refractivity contribution is 0.436. The first kappa shape index (κ1) is 10.5. The van der Waals surface area contributed by atoms with Crippen LogP contribution in [-0.2, 0) is 0 Å². The Morgan fingerprint density at radius 2 is 2.00 bits per heavy atom. The lowest BCUT2D eigenvalue weighted by Gasteiger charge is -2.13. The zero-order valence-corrected chi connectivity index (χ0v) is 8.15. The summed E-state index contributed by atoms with van der Waals surface area (Å²) in [6, 6.07) is 0. The molecule has 66 valence electrons. The third-order valence-electron chi connectivity index (χ3n) is 1.25. The lowest BCUT2D eigenvalue weighted by atomic mass is 9.93. The number of nitrogens with zero attached hydrogens (tertiary/aromatic N) is 1. The Balaban J connectivity index is 3.30. The Labute approximate surface area is 70.1 Å². The molecular weight excluding hydrogens is 136 g/mol. The molecule has 0 aromatic rings. The third-order valence-corrected chi connectivity index (χ3v) is 1.25. The van der Waals surface area contributed by atoms with Crippen molar-refractivity contribution in [3.05, 3.63) is 0 Å². The van der Waals surface area contributed by atoms with Crippen LogP contribution in [0.3, 0.4) is 0 Å². The van der Waals surface area contributed by atoms with E-state index in [4.69, 9.17) is 0 Å². The van der Waals surface area contributed by atoms with Gasteiger partial charge in [-0.3, -0.25) is 0 Å². The minimum absolute atomic E-state index is 0.359. The summed E-state index contributed by atoms with van der Waals surface area (Å²) in [5.74, 6) is 0. The van der Waals surface area contributed by atoms with Crippen molar-refractivity contribution >= 4 is 6.21 Å². The molecule has 11 heavy (non-hydrogen) atoms. The highest BCUT2D eigenvalue weighted by Gasteiger charge is 2.06. The lowest BCUT2D eigenvalue weighted by Crippen LogP contribution is -2.09. The predicted molar refractivity (Wildman–Crippen MR) is 50.9 cm³/mol. The minimum atomic E-state index is 0.359. The summed E-state index contributed by atoms with van der Waals surface area (Å²) in [5, 5.41) is 4.07. The Kier molecular flexibility index (Phi) is 4.92. The van der Waals surface area contributed by atoms with Crippen LogP contribution in [0.15, 0.2) is 5.10 Å². The topological polar surface area (TPSA) is 24.4 Å². The van der Waals surface area contributed by atoms with Gasteiger partial charge in [0.1, 0.15) is 0 Å². The maximum absolute atomic E-state index is 4.07. The van der Waals surface area contributed by atoms with Crippen LogP contribution < -0.4 is 5.43 Å². The van der Waals surface area contributed by atoms with Crippen molar-refractivity contribution in [2.24, 2.45) is 10.5 Å². The predicted octanol–water partition coefficient (Wildman–Crippen LogP) is 2.41. The first-order valence-corrected chi connectivity index (χ1v) is 4.30. The summed E-state index contributed by atoms with van der Waals surface area (Å²) in [7, 11) is 0. The Hall–Kier alpha value is -0.530. The van der Waals surface area contributed by atoms with Crippen molar-refractivity contribution < 1.29 is 0 Å². The van der Waals surface area contributed by atoms with E-state index in [0.29, 0.717) is 5.41 Å². The van der Waals surface area contributed by atoms with Crippen LogP contribution in [0.1, 0.15) is 40.5 Å². The number of hydrogen-bond acceptors (Lipinski definition) is 2. The number of hydrazone groups is 1. The molecule has 0 radical (unpaired) electrons. The van der Waals surface area contributed by atoms with E-state index in [1.807, 2.05) is 6.21 Å². The van der Waals surface area contributed by atoms with Gasteiger partial charge in [0.15, 0.2) is 0 Å². The molecule has 0 aliphatic carbocycles. The van der Waals surface area contributed by atoms with Crippen LogP contribution in [0, 0.1) is 5.41 Å². The Morgan fingerprint density at radius 3 is 2.45 bits per heavy atom. The monoisotopic (exact) mass is 156 g/mol. The van der Waals surface area contributed by atoms with E-state index in [1.165, 1.54) is 0 Å². The molecular formula is C9H20N2. The van der Waals surface area contributed by atoms with Crippen molar-refractivity contribution in [2.45, 2.75) is 40.5 Å². The van der Waals surface area contributed by atoms with Gasteiger partial charge >= 0.3 is 0 Å². The summed E-state index contributed by atoms with van der Waals surface area (Å²) in [4.78, 5) is 0. The van der Waals surface area contributed by atoms with Gasteiger partial charge in [0, 0.05) is 12.8 Å². The molecule has 0 heterocycles. The molecule has 1 N–H and O–H groups in total. The van der Waals surface area contributed by atoms with Crippen LogP contribution in [0.2, 0.25) is 0 Å². The Morgan fingerprint density at radius 1 is 1.36 bits per heavy atom. The first-order chi connectivity index (χ1) is 5.06. The molecule has 0 unspecified atom stereocenters. The van der Waals surface area contributed by atoms with E-state index < -0.39 is 0 Å². The van der Waals surface area contributed by atoms with Crippen molar-refractivity contribution in [1.82, 2.24) is 5.43 Å². The molecule has 0 rings (SSSR count). The van der Waals surface area contributed by atoms with Gasteiger partial charge in [-0.25, -0.2) is 0 Å². The number of hydrogen-bond donors (Lipinski definition) is 1.